The molecular formula is C15H22N2O6S2. The first kappa shape index (κ1) is 21.4. The van der Waals surface area contributed by atoms with Crippen LogP contribution in [0.2, 0.25) is 0 Å². The number of carboxylic acids is 1. The number of hydrogen-bond donors (Lipinski definition) is 3. The van der Waals surface area contributed by atoms with Crippen molar-refractivity contribution in [1.29, 1.82) is 0 Å². The fourth-order valence-electron chi connectivity index (χ4n) is 1.95. The van der Waals surface area contributed by atoms with Gasteiger partial charge in [0.15, 0.2) is 6.04 Å². The molecule has 25 heavy (non-hydrogen) atoms. The van der Waals surface area contributed by atoms with E-state index in [1.807, 2.05) is 6.26 Å². The van der Waals surface area contributed by atoms with Gasteiger partial charge in [0.2, 0.25) is 15.9 Å². The molecule has 0 bridgehead atoms. The van der Waals surface area contributed by atoms with Gasteiger partial charge in [-0.1, -0.05) is 18.2 Å². The molecule has 0 heterocycles. The zero-order valence-electron chi connectivity index (χ0n) is 14.0. The van der Waals surface area contributed by atoms with E-state index in [-0.39, 0.29) is 17.9 Å². The topological polar surface area (TPSA) is 122 Å². The van der Waals surface area contributed by atoms with Gasteiger partial charge in [0.05, 0.1) is 11.5 Å². The van der Waals surface area contributed by atoms with Gasteiger partial charge < -0.3 is 15.2 Å². The van der Waals surface area contributed by atoms with Crippen LogP contribution in [0.4, 0.5) is 0 Å². The summed E-state index contributed by atoms with van der Waals surface area (Å²) in [5.41, 5.74) is 0. The van der Waals surface area contributed by atoms with E-state index in [1.54, 1.807) is 18.2 Å². The minimum absolute atomic E-state index is 0.0311. The molecule has 10 heteroatoms. The number of nitrogens with one attached hydrogen (secondary N) is 2. The van der Waals surface area contributed by atoms with Gasteiger partial charge in [-0.3, -0.25) is 4.79 Å². The second-order valence-corrected chi connectivity index (χ2v) is 7.82. The number of amides is 1. The number of sulfonamides is 1. The zero-order valence-corrected chi connectivity index (χ0v) is 15.6. The van der Waals surface area contributed by atoms with Gasteiger partial charge in [0.25, 0.3) is 0 Å². The number of thioether (sulfide) groups is 1. The van der Waals surface area contributed by atoms with Crippen molar-refractivity contribution in [2.24, 2.45) is 0 Å². The Labute approximate surface area is 151 Å². The molecule has 0 spiro atoms. The highest BCUT2D eigenvalue weighted by atomic mass is 32.2. The lowest BCUT2D eigenvalue weighted by Gasteiger charge is -2.21. The smallest absolute Gasteiger partial charge is 0.328 e. The summed E-state index contributed by atoms with van der Waals surface area (Å²) in [5, 5.41) is 11.4. The number of benzene rings is 1. The molecule has 2 unspecified atom stereocenters. The standard InChI is InChI=1S/C15H22N2O6S2/c1-23-10-13(15(19)20)16-14(18)12(8-9-24-2)17-25(21,22)11-6-4-3-5-7-11/h3-7,12-13,17H,8-10H2,1-2H3,(H,16,18)(H,19,20). The third-order valence-electron chi connectivity index (χ3n) is 3.23. The van der Waals surface area contributed by atoms with Crippen LogP contribution in [0.25, 0.3) is 0 Å². The maximum Gasteiger partial charge on any atom is 0.328 e. The van der Waals surface area contributed by atoms with E-state index < -0.39 is 34.0 Å². The average Bonchev–Trinajstić information content (AvgIpc) is 2.58. The summed E-state index contributed by atoms with van der Waals surface area (Å²) in [6, 6.07) is 5.31. The highest BCUT2D eigenvalue weighted by molar-refractivity contribution is 7.98. The minimum atomic E-state index is -3.90. The van der Waals surface area contributed by atoms with Crippen molar-refractivity contribution in [3.63, 3.8) is 0 Å². The average molecular weight is 390 g/mol. The summed E-state index contributed by atoms with van der Waals surface area (Å²) < 4.78 is 31.9. The fourth-order valence-corrected chi connectivity index (χ4v) is 3.67. The first-order valence-corrected chi connectivity index (χ1v) is 10.3. The van der Waals surface area contributed by atoms with Crippen molar-refractivity contribution in [2.75, 3.05) is 25.7 Å². The molecule has 0 fully saturated rings. The summed E-state index contributed by atoms with van der Waals surface area (Å²) in [6.45, 7) is -0.220. The third kappa shape index (κ3) is 7.02. The summed E-state index contributed by atoms with van der Waals surface area (Å²) in [5.74, 6) is -1.44. The molecule has 0 aliphatic heterocycles. The molecule has 1 amide bonds. The van der Waals surface area contributed by atoms with Crippen molar-refractivity contribution < 1.29 is 27.9 Å². The van der Waals surface area contributed by atoms with Gasteiger partial charge in [-0.2, -0.15) is 16.5 Å². The largest absolute Gasteiger partial charge is 0.480 e. The van der Waals surface area contributed by atoms with Gasteiger partial charge in [-0.05, 0) is 30.6 Å². The number of carboxylic acid groups (broad SMARTS) is 1. The molecule has 0 aliphatic carbocycles. The number of aliphatic carboxylic acids is 1. The number of carbonyl (C=O) groups excluding carboxylic acids is 1. The van der Waals surface area contributed by atoms with E-state index in [0.717, 1.165) is 0 Å². The molecule has 0 aromatic heterocycles. The van der Waals surface area contributed by atoms with Crippen molar-refractivity contribution in [1.82, 2.24) is 10.0 Å². The number of methoxy groups -OCH3 is 1. The van der Waals surface area contributed by atoms with Crippen molar-refractivity contribution >= 4 is 33.7 Å². The fraction of sp³-hybridized carbons (Fsp3) is 0.467. The first-order chi connectivity index (χ1) is 11.8. The molecule has 0 saturated carbocycles. The Bertz CT molecular complexity index is 666. The van der Waals surface area contributed by atoms with Gasteiger partial charge in [-0.25, -0.2) is 13.2 Å². The predicted octanol–water partition coefficient (Wildman–Crippen LogP) is 0.302. The second-order valence-electron chi connectivity index (χ2n) is 5.12. The van der Waals surface area contributed by atoms with E-state index in [0.29, 0.717) is 5.75 Å². The Morgan fingerprint density at radius 3 is 2.40 bits per heavy atom. The van der Waals surface area contributed by atoms with E-state index in [4.69, 9.17) is 9.84 Å². The number of rotatable bonds is 11. The lowest BCUT2D eigenvalue weighted by atomic mass is 10.2. The third-order valence-corrected chi connectivity index (χ3v) is 5.36. The highest BCUT2D eigenvalue weighted by Crippen LogP contribution is 2.10. The Morgan fingerprint density at radius 1 is 1.24 bits per heavy atom. The number of hydrogen-bond acceptors (Lipinski definition) is 6. The molecule has 0 radical (unpaired) electrons. The lowest BCUT2D eigenvalue weighted by molar-refractivity contribution is -0.143. The molecule has 3 N–H and O–H groups in total. The van der Waals surface area contributed by atoms with Crippen LogP contribution in [-0.2, 0) is 24.3 Å². The summed E-state index contributed by atoms with van der Waals surface area (Å²) in [6.07, 6.45) is 2.05. The van der Waals surface area contributed by atoms with Gasteiger partial charge in [0, 0.05) is 7.11 Å². The van der Waals surface area contributed by atoms with Crippen LogP contribution in [0.15, 0.2) is 35.2 Å². The SMILES string of the molecule is COCC(NC(=O)C(CCSC)NS(=O)(=O)c1ccccc1)C(=O)O. The highest BCUT2D eigenvalue weighted by Gasteiger charge is 2.28. The van der Waals surface area contributed by atoms with Gasteiger partial charge in [-0.15, -0.1) is 0 Å². The molecule has 1 aromatic carbocycles. The molecule has 2 atom stereocenters. The van der Waals surface area contributed by atoms with Gasteiger partial charge >= 0.3 is 5.97 Å². The molecule has 0 aliphatic rings. The minimum Gasteiger partial charge on any atom is -0.480 e. The molecular weight excluding hydrogens is 368 g/mol. The van der Waals surface area contributed by atoms with Gasteiger partial charge in [0.1, 0.15) is 6.04 Å². The molecule has 1 aromatic rings. The quantitative estimate of drug-likeness (QED) is 0.497. The summed E-state index contributed by atoms with van der Waals surface area (Å²) in [4.78, 5) is 23.5. The second kappa shape index (κ2) is 10.4. The maximum atomic E-state index is 12.4. The van der Waals surface area contributed by atoms with Crippen LogP contribution >= 0.6 is 11.8 Å². The summed E-state index contributed by atoms with van der Waals surface area (Å²) >= 11 is 1.45. The van der Waals surface area contributed by atoms with E-state index >= 15 is 0 Å². The van der Waals surface area contributed by atoms with Crippen molar-refractivity contribution in [2.45, 2.75) is 23.4 Å². The van der Waals surface area contributed by atoms with E-state index in [2.05, 4.69) is 10.0 Å². The maximum absolute atomic E-state index is 12.4. The summed E-state index contributed by atoms with van der Waals surface area (Å²) in [7, 11) is -2.59. The predicted molar refractivity (Wildman–Crippen MR) is 95.0 cm³/mol. The van der Waals surface area contributed by atoms with Crippen LogP contribution in [-0.4, -0.2) is 63.2 Å². The monoisotopic (exact) mass is 390 g/mol. The molecule has 1 rings (SSSR count). The number of ether oxygens (including phenoxy) is 1. The van der Waals surface area contributed by atoms with Crippen LogP contribution < -0.4 is 10.0 Å². The Hall–Kier alpha value is -1.62. The van der Waals surface area contributed by atoms with E-state index in [9.17, 15) is 18.0 Å². The Morgan fingerprint density at radius 2 is 1.88 bits per heavy atom. The Kier molecular flexibility index (Phi) is 8.90. The Balaban J connectivity index is 2.92. The first-order valence-electron chi connectivity index (χ1n) is 7.40. The van der Waals surface area contributed by atoms with Crippen LogP contribution in [0, 0.1) is 0 Å². The molecule has 8 nitrogen and oxygen atoms in total. The van der Waals surface area contributed by atoms with Crippen molar-refractivity contribution in [3.8, 4) is 0 Å². The van der Waals surface area contributed by atoms with Crippen molar-refractivity contribution in [3.05, 3.63) is 30.3 Å². The zero-order chi connectivity index (χ0) is 18.9. The normalized spacial score (nSPS) is 13.8. The number of carbonyl (C=O) groups is 2. The van der Waals surface area contributed by atoms with Crippen LogP contribution in [0.5, 0.6) is 0 Å². The lowest BCUT2D eigenvalue weighted by Crippen LogP contribution is -2.53. The molecule has 140 valence electrons. The van der Waals surface area contributed by atoms with Crippen LogP contribution in [0.1, 0.15) is 6.42 Å². The van der Waals surface area contributed by atoms with Crippen LogP contribution in [0.3, 0.4) is 0 Å². The molecule has 0 saturated heterocycles. The van der Waals surface area contributed by atoms with E-state index in [1.165, 1.54) is 31.0 Å².